The molecule has 0 aromatic rings. The van der Waals surface area contributed by atoms with Gasteiger partial charge in [-0.25, -0.2) is 0 Å². The minimum atomic E-state index is 0.435. The van der Waals surface area contributed by atoms with Crippen LogP contribution in [0.4, 0.5) is 0 Å². The van der Waals surface area contributed by atoms with E-state index >= 15 is 0 Å². The Labute approximate surface area is 212 Å². The SMILES string of the molecule is C=C1C=NC=CN1C.C=C1NC=C[C@@H]1C.CC1=CCCS1.CC1CC=CNC1.C[C@H]1CC=CO1. The third-order valence-electron chi connectivity index (χ3n) is 5.25. The first-order chi connectivity index (χ1) is 16.3. The Morgan fingerprint density at radius 2 is 1.94 bits per heavy atom. The highest BCUT2D eigenvalue weighted by atomic mass is 32.2. The molecular formula is C28H44N4OS. The molecule has 1 unspecified atom stereocenters. The molecule has 0 amide bonds. The Kier molecular flexibility index (Phi) is 15.4. The highest BCUT2D eigenvalue weighted by Crippen LogP contribution is 2.22. The van der Waals surface area contributed by atoms with Gasteiger partial charge < -0.3 is 20.3 Å². The zero-order chi connectivity index (χ0) is 25.2. The number of rotatable bonds is 0. The van der Waals surface area contributed by atoms with E-state index in [-0.39, 0.29) is 0 Å². The van der Waals surface area contributed by atoms with Gasteiger partial charge in [0.25, 0.3) is 0 Å². The molecule has 0 spiro atoms. The van der Waals surface area contributed by atoms with Crippen molar-refractivity contribution in [1.82, 2.24) is 15.5 Å². The van der Waals surface area contributed by atoms with Crippen LogP contribution in [0.15, 0.2) is 89.8 Å². The van der Waals surface area contributed by atoms with Gasteiger partial charge in [0.05, 0.1) is 18.1 Å². The first-order valence-electron chi connectivity index (χ1n) is 12.0. The summed E-state index contributed by atoms with van der Waals surface area (Å²) in [5, 5.41) is 6.15. The molecule has 5 heterocycles. The van der Waals surface area contributed by atoms with Crippen LogP contribution in [0, 0.1) is 11.8 Å². The maximum atomic E-state index is 4.97. The summed E-state index contributed by atoms with van der Waals surface area (Å²) in [6.07, 6.45) is 23.6. The molecule has 0 radical (unpaired) electrons. The number of ether oxygens (including phenoxy) is 1. The predicted octanol–water partition coefficient (Wildman–Crippen LogP) is 6.71. The fraction of sp³-hybridized carbons (Fsp3) is 0.464. The first kappa shape index (κ1) is 29.4. The molecule has 0 aliphatic carbocycles. The van der Waals surface area contributed by atoms with Gasteiger partial charge in [0.15, 0.2) is 0 Å². The third kappa shape index (κ3) is 14.5. The van der Waals surface area contributed by atoms with E-state index in [2.05, 4.69) is 74.7 Å². The van der Waals surface area contributed by atoms with Crippen molar-refractivity contribution in [1.29, 1.82) is 0 Å². The summed E-state index contributed by atoms with van der Waals surface area (Å²) in [6.45, 7) is 17.2. The van der Waals surface area contributed by atoms with Gasteiger partial charge in [0.1, 0.15) is 0 Å². The molecule has 5 rings (SSSR count). The maximum Gasteiger partial charge on any atom is 0.0985 e. The quantitative estimate of drug-likeness (QED) is 0.400. The molecule has 5 aliphatic heterocycles. The first-order valence-corrected chi connectivity index (χ1v) is 13.0. The summed E-state index contributed by atoms with van der Waals surface area (Å²) >= 11 is 1.96. The van der Waals surface area contributed by atoms with Crippen LogP contribution in [-0.2, 0) is 4.74 Å². The summed E-state index contributed by atoms with van der Waals surface area (Å²) in [4.78, 5) is 7.27. The molecule has 5 aliphatic rings. The van der Waals surface area contributed by atoms with E-state index < -0.39 is 0 Å². The molecule has 0 saturated heterocycles. The molecule has 3 atom stereocenters. The summed E-state index contributed by atoms with van der Waals surface area (Å²) in [6, 6.07) is 0. The Morgan fingerprint density at radius 1 is 1.15 bits per heavy atom. The van der Waals surface area contributed by atoms with E-state index in [0.29, 0.717) is 12.0 Å². The lowest BCUT2D eigenvalue weighted by Crippen LogP contribution is -2.18. The molecule has 2 N–H and O–H groups in total. The normalized spacial score (nSPS) is 25.1. The number of nitrogens with one attached hydrogen (secondary N) is 2. The lowest BCUT2D eigenvalue weighted by Gasteiger charge is -2.14. The summed E-state index contributed by atoms with van der Waals surface area (Å²) in [5.74, 6) is 2.68. The van der Waals surface area contributed by atoms with Crippen molar-refractivity contribution in [2.75, 3.05) is 19.3 Å². The number of aliphatic imine (C=N–C) groups is 1. The average molecular weight is 485 g/mol. The van der Waals surface area contributed by atoms with Crippen LogP contribution in [0.2, 0.25) is 0 Å². The molecule has 0 bridgehead atoms. The topological polar surface area (TPSA) is 48.9 Å². The standard InChI is InChI=1S/C6H8N2.C6H9N.C6H11N.C5H8O.C5H8S/c1-6-5-7-3-4-8(6)2;1-5-3-4-7-6(5)2;1-6-3-2-4-7-5-6;2*1-5-3-2-4-6-5/h3-5H,1H2,2H3;3-5,7H,2H2,1H3;2,4,6-7H,3,5H2,1H3;2,4-5H,3H2,1H3;3H,2,4H2,1H3/t;5-;;5-;/m.0.0./s1. The van der Waals surface area contributed by atoms with Gasteiger partial charge >= 0.3 is 0 Å². The molecule has 34 heavy (non-hydrogen) atoms. The van der Waals surface area contributed by atoms with E-state index in [4.69, 9.17) is 4.74 Å². The van der Waals surface area contributed by atoms with Crippen LogP contribution in [0.1, 0.15) is 47.0 Å². The third-order valence-corrected chi connectivity index (χ3v) is 6.31. The Hall–Kier alpha value is -2.60. The van der Waals surface area contributed by atoms with Crippen molar-refractivity contribution in [3.05, 3.63) is 84.8 Å². The second-order valence-electron chi connectivity index (χ2n) is 8.65. The number of hydrogen-bond donors (Lipinski definition) is 2. The van der Waals surface area contributed by atoms with Crippen LogP contribution in [0.3, 0.4) is 0 Å². The number of nitrogens with zero attached hydrogens (tertiary/aromatic N) is 2. The lowest BCUT2D eigenvalue weighted by molar-refractivity contribution is 0.189. The van der Waals surface area contributed by atoms with Crippen LogP contribution < -0.4 is 10.6 Å². The van der Waals surface area contributed by atoms with Gasteiger partial charge in [-0.2, -0.15) is 0 Å². The van der Waals surface area contributed by atoms with E-state index in [1.807, 2.05) is 48.4 Å². The average Bonchev–Trinajstić information content (AvgIpc) is 3.58. The molecular weight excluding hydrogens is 440 g/mol. The van der Waals surface area contributed by atoms with Gasteiger partial charge in [-0.05, 0) is 56.0 Å². The number of allylic oxidation sites excluding steroid dienone is 5. The lowest BCUT2D eigenvalue weighted by atomic mass is 10.1. The molecule has 5 nitrogen and oxygen atoms in total. The fourth-order valence-corrected chi connectivity index (χ4v) is 3.56. The van der Waals surface area contributed by atoms with E-state index in [9.17, 15) is 0 Å². The van der Waals surface area contributed by atoms with Crippen molar-refractivity contribution >= 4 is 18.0 Å². The zero-order valence-electron chi connectivity index (χ0n) is 21.7. The van der Waals surface area contributed by atoms with Gasteiger partial charge in [-0.1, -0.05) is 45.2 Å². The van der Waals surface area contributed by atoms with Crippen molar-refractivity contribution in [2.45, 2.75) is 53.1 Å². The van der Waals surface area contributed by atoms with Crippen molar-refractivity contribution < 1.29 is 4.74 Å². The van der Waals surface area contributed by atoms with Crippen molar-refractivity contribution in [3.8, 4) is 0 Å². The van der Waals surface area contributed by atoms with Crippen LogP contribution in [-0.4, -0.2) is 36.6 Å². The second-order valence-corrected chi connectivity index (χ2v) is 9.99. The summed E-state index contributed by atoms with van der Waals surface area (Å²) in [7, 11) is 1.93. The van der Waals surface area contributed by atoms with E-state index in [1.54, 1.807) is 18.7 Å². The second kappa shape index (κ2) is 17.8. The summed E-state index contributed by atoms with van der Waals surface area (Å²) in [5.41, 5.74) is 2.02. The van der Waals surface area contributed by atoms with Crippen LogP contribution in [0.5, 0.6) is 0 Å². The monoisotopic (exact) mass is 484 g/mol. The number of hydrogen-bond acceptors (Lipinski definition) is 6. The van der Waals surface area contributed by atoms with Gasteiger partial charge in [0, 0.05) is 56.0 Å². The van der Waals surface area contributed by atoms with Gasteiger partial charge in [-0.15, -0.1) is 11.8 Å². The smallest absolute Gasteiger partial charge is 0.0985 e. The van der Waals surface area contributed by atoms with Crippen LogP contribution >= 0.6 is 11.8 Å². The molecule has 0 aromatic heterocycles. The number of thioether (sulfide) groups is 1. The molecule has 188 valence electrons. The van der Waals surface area contributed by atoms with Crippen LogP contribution in [0.25, 0.3) is 0 Å². The molecule has 6 heteroatoms. The Balaban J connectivity index is 0.000000213. The highest BCUT2D eigenvalue weighted by molar-refractivity contribution is 8.03. The zero-order valence-corrected chi connectivity index (χ0v) is 22.5. The minimum Gasteiger partial charge on any atom is -0.498 e. The maximum absolute atomic E-state index is 4.97. The fourth-order valence-electron chi connectivity index (χ4n) is 2.77. The van der Waals surface area contributed by atoms with E-state index in [0.717, 1.165) is 30.3 Å². The predicted molar refractivity (Wildman–Crippen MR) is 151 cm³/mol. The highest BCUT2D eigenvalue weighted by Gasteiger charge is 2.04. The minimum absolute atomic E-state index is 0.435. The van der Waals surface area contributed by atoms with E-state index in [1.165, 1.54) is 23.5 Å². The Bertz CT molecular complexity index is 786. The van der Waals surface area contributed by atoms with Gasteiger partial charge in [0.2, 0.25) is 0 Å². The Morgan fingerprint density at radius 3 is 2.18 bits per heavy atom. The molecule has 0 saturated carbocycles. The van der Waals surface area contributed by atoms with Gasteiger partial charge in [-0.3, -0.25) is 4.99 Å². The van der Waals surface area contributed by atoms with Crippen molar-refractivity contribution in [3.63, 3.8) is 0 Å². The molecule has 0 aromatic carbocycles. The summed E-state index contributed by atoms with van der Waals surface area (Å²) < 4.78 is 4.97. The van der Waals surface area contributed by atoms with Crippen molar-refractivity contribution in [2.24, 2.45) is 16.8 Å². The molecule has 0 fully saturated rings. The largest absolute Gasteiger partial charge is 0.498 e.